The molecule has 0 unspecified atom stereocenters. The minimum Gasteiger partial charge on any atom is -0.337 e. The molecule has 1 heterocycles. The van der Waals surface area contributed by atoms with Crippen LogP contribution in [0.3, 0.4) is 0 Å². The lowest BCUT2D eigenvalue weighted by Gasteiger charge is -2.19. The predicted octanol–water partition coefficient (Wildman–Crippen LogP) is 5.12. The summed E-state index contributed by atoms with van der Waals surface area (Å²) in [4.78, 5) is 14.9. The van der Waals surface area contributed by atoms with Crippen LogP contribution in [0.2, 0.25) is 0 Å². The molecule has 29 heavy (non-hydrogen) atoms. The summed E-state index contributed by atoms with van der Waals surface area (Å²) in [6.45, 7) is 2.46. The quantitative estimate of drug-likeness (QED) is 0.481. The molecule has 0 spiro atoms. The van der Waals surface area contributed by atoms with Gasteiger partial charge in [0.1, 0.15) is 0 Å². The average molecular weight is 381 g/mol. The maximum Gasteiger partial charge on any atom is 0.257 e. The van der Waals surface area contributed by atoms with Crippen LogP contribution in [0.4, 0.5) is 0 Å². The predicted molar refractivity (Wildman–Crippen MR) is 116 cm³/mol. The molecule has 4 nitrogen and oxygen atoms in total. The van der Waals surface area contributed by atoms with E-state index in [0.717, 1.165) is 28.1 Å². The Kier molecular flexibility index (Phi) is 5.25. The van der Waals surface area contributed by atoms with Gasteiger partial charge in [0.25, 0.3) is 5.91 Å². The highest BCUT2D eigenvalue weighted by molar-refractivity contribution is 5.95. The highest BCUT2D eigenvalue weighted by atomic mass is 16.2. The zero-order valence-electron chi connectivity index (χ0n) is 16.6. The van der Waals surface area contributed by atoms with Crippen LogP contribution >= 0.6 is 0 Å². The monoisotopic (exact) mass is 381 g/mol. The molecule has 3 aromatic carbocycles. The number of carbonyl (C=O) groups is 1. The average Bonchev–Trinajstić information content (AvgIpc) is 3.16. The topological polar surface area (TPSA) is 38.1 Å². The van der Waals surface area contributed by atoms with E-state index in [1.54, 1.807) is 15.8 Å². The number of para-hydroxylation sites is 1. The van der Waals surface area contributed by atoms with Gasteiger partial charge in [-0.25, -0.2) is 4.68 Å². The van der Waals surface area contributed by atoms with Crippen molar-refractivity contribution in [1.29, 1.82) is 0 Å². The van der Waals surface area contributed by atoms with Crippen molar-refractivity contribution in [2.45, 2.75) is 13.5 Å². The summed E-state index contributed by atoms with van der Waals surface area (Å²) in [7, 11) is 1.84. The van der Waals surface area contributed by atoms with Gasteiger partial charge in [-0.15, -0.1) is 0 Å². The largest absolute Gasteiger partial charge is 0.337 e. The Morgan fingerprint density at radius 1 is 0.897 bits per heavy atom. The number of hydrogen-bond acceptors (Lipinski definition) is 2. The van der Waals surface area contributed by atoms with E-state index in [0.29, 0.717) is 12.1 Å². The minimum atomic E-state index is -0.0347. The third-order valence-corrected chi connectivity index (χ3v) is 5.10. The molecule has 0 radical (unpaired) electrons. The Morgan fingerprint density at radius 3 is 2.24 bits per heavy atom. The van der Waals surface area contributed by atoms with Gasteiger partial charge in [0.15, 0.2) is 0 Å². The maximum absolute atomic E-state index is 13.1. The Balaban J connectivity index is 1.59. The van der Waals surface area contributed by atoms with Crippen LogP contribution in [0.5, 0.6) is 0 Å². The zero-order valence-corrected chi connectivity index (χ0v) is 16.6. The van der Waals surface area contributed by atoms with E-state index in [-0.39, 0.29) is 5.91 Å². The van der Waals surface area contributed by atoms with Gasteiger partial charge in [-0.2, -0.15) is 5.10 Å². The van der Waals surface area contributed by atoms with Crippen LogP contribution in [0.1, 0.15) is 21.6 Å². The molecule has 4 aromatic rings. The van der Waals surface area contributed by atoms with Gasteiger partial charge < -0.3 is 4.90 Å². The fourth-order valence-corrected chi connectivity index (χ4v) is 3.54. The first kappa shape index (κ1) is 18.7. The normalized spacial score (nSPS) is 10.7. The van der Waals surface area contributed by atoms with Crippen molar-refractivity contribution in [3.05, 3.63) is 108 Å². The number of benzene rings is 3. The summed E-state index contributed by atoms with van der Waals surface area (Å²) < 4.78 is 1.80. The van der Waals surface area contributed by atoms with Crippen LogP contribution in [0, 0.1) is 6.92 Å². The first-order valence-electron chi connectivity index (χ1n) is 9.64. The molecule has 0 aliphatic heterocycles. The first-order valence-corrected chi connectivity index (χ1v) is 9.64. The Morgan fingerprint density at radius 2 is 1.52 bits per heavy atom. The Hall–Kier alpha value is -3.66. The number of amides is 1. The van der Waals surface area contributed by atoms with Gasteiger partial charge in [-0.05, 0) is 35.7 Å². The molecule has 0 bridgehead atoms. The number of carbonyl (C=O) groups excluding carboxylic acids is 1. The molecule has 4 heteroatoms. The van der Waals surface area contributed by atoms with Crippen molar-refractivity contribution in [1.82, 2.24) is 14.7 Å². The van der Waals surface area contributed by atoms with E-state index in [1.165, 1.54) is 0 Å². The van der Waals surface area contributed by atoms with Crippen molar-refractivity contribution in [3.8, 4) is 16.8 Å². The van der Waals surface area contributed by atoms with E-state index in [2.05, 4.69) is 29.4 Å². The van der Waals surface area contributed by atoms with Crippen molar-refractivity contribution in [3.63, 3.8) is 0 Å². The van der Waals surface area contributed by atoms with Crippen LogP contribution in [0.25, 0.3) is 16.8 Å². The second-order valence-corrected chi connectivity index (χ2v) is 7.08. The van der Waals surface area contributed by atoms with Crippen molar-refractivity contribution >= 4 is 5.91 Å². The van der Waals surface area contributed by atoms with Gasteiger partial charge >= 0.3 is 0 Å². The smallest absolute Gasteiger partial charge is 0.257 e. The summed E-state index contributed by atoms with van der Waals surface area (Å²) in [6, 6.07) is 28.3. The second-order valence-electron chi connectivity index (χ2n) is 7.08. The lowest BCUT2D eigenvalue weighted by atomic mass is 9.99. The van der Waals surface area contributed by atoms with Crippen LogP contribution in [-0.2, 0) is 6.54 Å². The van der Waals surface area contributed by atoms with Crippen molar-refractivity contribution < 1.29 is 4.79 Å². The number of hydrogen-bond donors (Lipinski definition) is 0. The van der Waals surface area contributed by atoms with E-state index < -0.39 is 0 Å². The van der Waals surface area contributed by atoms with Gasteiger partial charge in [-0.1, -0.05) is 72.8 Å². The summed E-state index contributed by atoms with van der Waals surface area (Å²) >= 11 is 0. The van der Waals surface area contributed by atoms with Crippen LogP contribution in [0.15, 0.2) is 91.1 Å². The van der Waals surface area contributed by atoms with Gasteiger partial charge in [0, 0.05) is 13.6 Å². The summed E-state index contributed by atoms with van der Waals surface area (Å²) in [6.07, 6.45) is 1.66. The molecule has 0 aliphatic rings. The maximum atomic E-state index is 13.1. The molecular weight excluding hydrogens is 358 g/mol. The third kappa shape index (κ3) is 3.83. The third-order valence-electron chi connectivity index (χ3n) is 5.10. The number of nitrogens with zero attached hydrogens (tertiary/aromatic N) is 3. The molecule has 0 saturated heterocycles. The van der Waals surface area contributed by atoms with E-state index in [1.807, 2.05) is 74.6 Å². The van der Waals surface area contributed by atoms with Crippen LogP contribution < -0.4 is 0 Å². The van der Waals surface area contributed by atoms with Crippen molar-refractivity contribution in [2.75, 3.05) is 7.05 Å². The first-order chi connectivity index (χ1) is 14.1. The van der Waals surface area contributed by atoms with Gasteiger partial charge in [0.05, 0.1) is 23.1 Å². The standard InChI is InChI=1S/C25H23N3O/c1-19-24(17-26-28(19)22-14-7-4-8-15-22)25(29)27(2)18-21-13-9-10-16-23(21)20-11-5-3-6-12-20/h3-17H,18H2,1-2H3. The zero-order chi connectivity index (χ0) is 20.2. The second kappa shape index (κ2) is 8.15. The van der Waals surface area contributed by atoms with Gasteiger partial charge in [-0.3, -0.25) is 4.79 Å². The van der Waals surface area contributed by atoms with Crippen molar-refractivity contribution in [2.24, 2.45) is 0 Å². The summed E-state index contributed by atoms with van der Waals surface area (Å²) in [5.74, 6) is -0.0347. The fraction of sp³-hybridized carbons (Fsp3) is 0.120. The van der Waals surface area contributed by atoms with E-state index >= 15 is 0 Å². The molecule has 0 aliphatic carbocycles. The molecular formula is C25H23N3O. The summed E-state index contributed by atoms with van der Waals surface area (Å²) in [5.41, 5.74) is 5.81. The minimum absolute atomic E-state index is 0.0347. The van der Waals surface area contributed by atoms with Crippen LogP contribution in [-0.4, -0.2) is 27.6 Å². The molecule has 0 saturated carbocycles. The SMILES string of the molecule is Cc1c(C(=O)N(C)Cc2ccccc2-c2ccccc2)cnn1-c1ccccc1. The molecule has 4 rings (SSSR count). The Labute approximate surface area is 171 Å². The Bertz CT molecular complexity index is 1120. The van der Waals surface area contributed by atoms with E-state index in [4.69, 9.17) is 0 Å². The number of rotatable bonds is 5. The van der Waals surface area contributed by atoms with Gasteiger partial charge in [0.2, 0.25) is 0 Å². The molecule has 144 valence electrons. The highest BCUT2D eigenvalue weighted by Crippen LogP contribution is 2.25. The highest BCUT2D eigenvalue weighted by Gasteiger charge is 2.19. The number of aromatic nitrogens is 2. The summed E-state index contributed by atoms with van der Waals surface area (Å²) in [5, 5.41) is 4.43. The van der Waals surface area contributed by atoms with E-state index in [9.17, 15) is 4.79 Å². The molecule has 0 N–H and O–H groups in total. The fourth-order valence-electron chi connectivity index (χ4n) is 3.54. The lowest BCUT2D eigenvalue weighted by molar-refractivity contribution is 0.0784. The molecule has 1 amide bonds. The molecule has 0 fully saturated rings. The molecule has 1 aromatic heterocycles. The lowest BCUT2D eigenvalue weighted by Crippen LogP contribution is -2.26. The molecule has 0 atom stereocenters.